The van der Waals surface area contributed by atoms with Gasteiger partial charge in [0, 0.05) is 12.0 Å². The normalized spacial score (nSPS) is 12.2. The monoisotopic (exact) mass is 422 g/mol. The van der Waals surface area contributed by atoms with Crippen molar-refractivity contribution < 1.29 is 14.3 Å². The number of fused-ring (bicyclic) bond motifs is 1. The predicted octanol–water partition coefficient (Wildman–Crippen LogP) is 3.70. The van der Waals surface area contributed by atoms with Gasteiger partial charge < -0.3 is 10.1 Å². The maximum Gasteiger partial charge on any atom is 0.253 e. The fraction of sp³-hybridized carbons (Fsp3) is 0.292. The van der Waals surface area contributed by atoms with Crippen LogP contribution in [-0.4, -0.2) is 30.0 Å². The minimum Gasteiger partial charge on any atom is -0.486 e. The molecule has 3 rings (SSSR count). The van der Waals surface area contributed by atoms with Crippen LogP contribution in [0.4, 0.5) is 0 Å². The Kier molecular flexibility index (Phi) is 7.00. The molecule has 6 heteroatoms. The summed E-state index contributed by atoms with van der Waals surface area (Å²) in [6, 6.07) is 13.8. The Morgan fingerprint density at radius 2 is 1.87 bits per heavy atom. The van der Waals surface area contributed by atoms with Gasteiger partial charge in [0.25, 0.3) is 5.91 Å². The number of Topliss-reactive ketones (excluding diaryl/α,β-unsaturated/α-hetero) is 1. The van der Waals surface area contributed by atoms with E-state index < -0.39 is 0 Å². The second-order valence-electron chi connectivity index (χ2n) is 7.74. The van der Waals surface area contributed by atoms with Gasteiger partial charge >= 0.3 is 0 Å². The van der Waals surface area contributed by atoms with E-state index in [1.54, 1.807) is 0 Å². The minimum atomic E-state index is -0.254. The summed E-state index contributed by atoms with van der Waals surface area (Å²) in [5.41, 5.74) is 5.22. The molecule has 2 N–H and O–H groups in total. The number of hydrogen-bond donors (Lipinski definition) is 2. The van der Waals surface area contributed by atoms with Crippen molar-refractivity contribution in [2.75, 3.05) is 13.2 Å². The molecule has 1 aliphatic carbocycles. The van der Waals surface area contributed by atoms with E-state index in [4.69, 9.17) is 17.0 Å². The van der Waals surface area contributed by atoms with E-state index >= 15 is 0 Å². The minimum absolute atomic E-state index is 0.0122. The lowest BCUT2D eigenvalue weighted by molar-refractivity contribution is -0.120. The quantitative estimate of drug-likeness (QED) is 0.666. The fourth-order valence-electron chi connectivity index (χ4n) is 3.19. The topological polar surface area (TPSA) is 67.4 Å². The van der Waals surface area contributed by atoms with Crippen molar-refractivity contribution in [3.05, 3.63) is 70.3 Å². The van der Waals surface area contributed by atoms with Gasteiger partial charge in [0.1, 0.15) is 12.4 Å². The van der Waals surface area contributed by atoms with Crippen molar-refractivity contribution in [3.63, 3.8) is 0 Å². The molecule has 0 saturated heterocycles. The Labute approximate surface area is 182 Å². The molecule has 1 amide bonds. The van der Waals surface area contributed by atoms with Crippen molar-refractivity contribution in [3.8, 4) is 5.75 Å². The Morgan fingerprint density at radius 1 is 1.13 bits per heavy atom. The van der Waals surface area contributed by atoms with Gasteiger partial charge in [-0.1, -0.05) is 49.7 Å². The van der Waals surface area contributed by atoms with E-state index in [0.717, 1.165) is 16.7 Å². The molecule has 2 aromatic rings. The molecule has 0 bridgehead atoms. The third-order valence-corrected chi connectivity index (χ3v) is 5.17. The summed E-state index contributed by atoms with van der Waals surface area (Å²) in [6.07, 6.45) is 2.45. The van der Waals surface area contributed by atoms with Crippen molar-refractivity contribution in [2.45, 2.75) is 33.1 Å². The van der Waals surface area contributed by atoms with Crippen LogP contribution in [0.1, 0.15) is 42.0 Å². The number of amides is 1. The van der Waals surface area contributed by atoms with Gasteiger partial charge in [0.2, 0.25) is 0 Å². The smallest absolute Gasteiger partial charge is 0.253 e. The molecule has 5 nitrogen and oxygen atoms in total. The van der Waals surface area contributed by atoms with Crippen molar-refractivity contribution in [1.82, 2.24) is 10.6 Å². The number of benzene rings is 2. The Bertz CT molecular complexity index is 994. The van der Waals surface area contributed by atoms with Crippen LogP contribution in [-0.2, 0) is 16.0 Å². The van der Waals surface area contributed by atoms with Crippen LogP contribution < -0.4 is 15.4 Å². The number of thiocarbonyl (C=S) groups is 1. The van der Waals surface area contributed by atoms with E-state index in [-0.39, 0.29) is 30.0 Å². The average Bonchev–Trinajstić information content (AvgIpc) is 3.14. The first-order valence-electron chi connectivity index (χ1n) is 9.95. The standard InChI is InChI=1S/C24H26N2O3S/c1-15(2)17-6-8-22(9-7-17)29-14-21(27)13-25-24(30)26-23(28)20-11-18-5-4-16(3)10-19(18)12-20/h4-11,15H,12-14H2,1-3H3,(H2,25,26,28,30). The lowest BCUT2D eigenvalue weighted by Gasteiger charge is -2.11. The van der Waals surface area contributed by atoms with Crippen LogP contribution >= 0.6 is 12.2 Å². The van der Waals surface area contributed by atoms with E-state index in [9.17, 15) is 9.59 Å². The molecule has 0 spiro atoms. The number of hydrogen-bond acceptors (Lipinski definition) is 4. The summed E-state index contributed by atoms with van der Waals surface area (Å²) in [7, 11) is 0. The summed E-state index contributed by atoms with van der Waals surface area (Å²) in [6.45, 7) is 6.19. The highest BCUT2D eigenvalue weighted by molar-refractivity contribution is 7.80. The first-order valence-corrected chi connectivity index (χ1v) is 10.4. The van der Waals surface area contributed by atoms with Crippen LogP contribution in [0.3, 0.4) is 0 Å². The number of ether oxygens (including phenoxy) is 1. The van der Waals surface area contributed by atoms with E-state index in [0.29, 0.717) is 23.7 Å². The van der Waals surface area contributed by atoms with Gasteiger partial charge in [-0.05, 0) is 60.0 Å². The lowest BCUT2D eigenvalue weighted by Crippen LogP contribution is -2.42. The number of nitrogens with one attached hydrogen (secondary N) is 2. The molecule has 30 heavy (non-hydrogen) atoms. The second-order valence-corrected chi connectivity index (χ2v) is 8.14. The number of aryl methyl sites for hydroxylation is 1. The fourth-order valence-corrected chi connectivity index (χ4v) is 3.35. The zero-order valence-electron chi connectivity index (χ0n) is 17.5. The number of ketones is 1. The van der Waals surface area contributed by atoms with Crippen LogP contribution in [0.15, 0.2) is 48.0 Å². The van der Waals surface area contributed by atoms with Gasteiger partial charge in [-0.2, -0.15) is 0 Å². The summed E-state index contributed by atoms with van der Waals surface area (Å²) in [5.74, 6) is 0.670. The Balaban J connectivity index is 1.40. The van der Waals surface area contributed by atoms with E-state index in [2.05, 4.69) is 30.5 Å². The van der Waals surface area contributed by atoms with Gasteiger partial charge in [-0.15, -0.1) is 0 Å². The first kappa shape index (κ1) is 21.7. The molecule has 0 fully saturated rings. The zero-order chi connectivity index (χ0) is 21.7. The summed E-state index contributed by atoms with van der Waals surface area (Å²) in [5, 5.41) is 5.53. The third-order valence-electron chi connectivity index (χ3n) is 4.92. The summed E-state index contributed by atoms with van der Waals surface area (Å²) < 4.78 is 5.51. The van der Waals surface area contributed by atoms with Crippen molar-refractivity contribution in [1.29, 1.82) is 0 Å². The maximum absolute atomic E-state index is 12.4. The van der Waals surface area contributed by atoms with Crippen molar-refractivity contribution >= 4 is 35.1 Å². The largest absolute Gasteiger partial charge is 0.486 e. The molecule has 0 aliphatic heterocycles. The van der Waals surface area contributed by atoms with E-state index in [1.165, 1.54) is 5.56 Å². The molecule has 0 saturated carbocycles. The Hall–Kier alpha value is -2.99. The lowest BCUT2D eigenvalue weighted by atomic mass is 10.0. The SMILES string of the molecule is Cc1ccc2c(c1)CC(C(=O)NC(=S)NCC(=O)COc1ccc(C(C)C)cc1)=C2. The second kappa shape index (κ2) is 9.67. The van der Waals surface area contributed by atoms with E-state index in [1.807, 2.05) is 49.4 Å². The number of carbonyl (C=O) groups excluding carboxylic acids is 2. The average molecular weight is 423 g/mol. The van der Waals surface area contributed by atoms with Gasteiger partial charge in [-0.3, -0.25) is 14.9 Å². The van der Waals surface area contributed by atoms with Crippen LogP contribution in [0.25, 0.3) is 6.08 Å². The molecule has 1 aliphatic rings. The van der Waals surface area contributed by atoms with Crippen LogP contribution in [0.2, 0.25) is 0 Å². The highest BCUT2D eigenvalue weighted by Crippen LogP contribution is 2.25. The highest BCUT2D eigenvalue weighted by atomic mass is 32.1. The third kappa shape index (κ3) is 5.76. The van der Waals surface area contributed by atoms with Crippen molar-refractivity contribution in [2.24, 2.45) is 0 Å². The molecule has 0 atom stereocenters. The molecule has 0 radical (unpaired) electrons. The number of rotatable bonds is 7. The predicted molar refractivity (Wildman–Crippen MR) is 123 cm³/mol. The molecular formula is C24H26N2O3S. The van der Waals surface area contributed by atoms with Gasteiger partial charge in [-0.25, -0.2) is 0 Å². The van der Waals surface area contributed by atoms with Crippen LogP contribution in [0.5, 0.6) is 5.75 Å². The molecule has 0 unspecified atom stereocenters. The van der Waals surface area contributed by atoms with Gasteiger partial charge in [0.15, 0.2) is 10.9 Å². The highest BCUT2D eigenvalue weighted by Gasteiger charge is 2.19. The first-order chi connectivity index (χ1) is 14.3. The molecule has 2 aromatic carbocycles. The molecule has 156 valence electrons. The Morgan fingerprint density at radius 3 is 2.57 bits per heavy atom. The van der Waals surface area contributed by atoms with Crippen LogP contribution in [0, 0.1) is 6.92 Å². The molecule has 0 heterocycles. The summed E-state index contributed by atoms with van der Waals surface area (Å²) in [4.78, 5) is 24.5. The zero-order valence-corrected chi connectivity index (χ0v) is 18.3. The molecular weight excluding hydrogens is 396 g/mol. The molecule has 0 aromatic heterocycles. The number of carbonyl (C=O) groups is 2. The maximum atomic E-state index is 12.4. The summed E-state index contributed by atoms with van der Waals surface area (Å²) >= 11 is 5.14. The van der Waals surface area contributed by atoms with Gasteiger partial charge in [0.05, 0.1) is 6.54 Å².